The molecule has 0 aliphatic carbocycles. The molecular weight excluding hydrogens is 332 g/mol. The maximum atomic E-state index is 12.2. The second-order valence-corrected chi connectivity index (χ2v) is 8.45. The number of hydrogen-bond donors (Lipinski definition) is 0. The first-order valence-corrected chi connectivity index (χ1v) is 9.66. The van der Waals surface area contributed by atoms with Crippen LogP contribution in [0.2, 0.25) is 5.02 Å². The first kappa shape index (κ1) is 16.3. The van der Waals surface area contributed by atoms with Crippen LogP contribution in [0, 0.1) is 0 Å². The summed E-state index contributed by atoms with van der Waals surface area (Å²) in [5.74, 6) is 0. The molecule has 0 unspecified atom stereocenters. The highest BCUT2D eigenvalue weighted by Gasteiger charge is 2.48. The van der Waals surface area contributed by atoms with E-state index in [2.05, 4.69) is 0 Å². The second-order valence-electron chi connectivity index (χ2n) is 6.11. The van der Waals surface area contributed by atoms with E-state index in [0.29, 0.717) is 23.7 Å². The summed E-state index contributed by atoms with van der Waals surface area (Å²) in [5.41, 5.74) is 3.00. The summed E-state index contributed by atoms with van der Waals surface area (Å²) in [6, 6.07) is 7.39. The predicted octanol–water partition coefficient (Wildman–Crippen LogP) is 3.51. The summed E-state index contributed by atoms with van der Waals surface area (Å²) < 4.78 is 25.9. The van der Waals surface area contributed by atoms with Crippen LogP contribution in [0.3, 0.4) is 0 Å². The van der Waals surface area contributed by atoms with E-state index in [0.717, 1.165) is 16.8 Å². The highest BCUT2D eigenvalue weighted by atomic mass is 35.5. The van der Waals surface area contributed by atoms with Crippen molar-refractivity contribution < 1.29 is 8.42 Å². The molecule has 0 N–H and O–H groups in total. The van der Waals surface area contributed by atoms with Gasteiger partial charge in [-0.1, -0.05) is 23.7 Å². The Labute approximate surface area is 142 Å². The van der Waals surface area contributed by atoms with Crippen molar-refractivity contribution >= 4 is 33.4 Å². The van der Waals surface area contributed by atoms with Gasteiger partial charge in [-0.25, -0.2) is 8.42 Å². The minimum absolute atomic E-state index is 0.438. The Morgan fingerprint density at radius 1 is 1.35 bits per heavy atom. The molecule has 1 fully saturated rings. The van der Waals surface area contributed by atoms with Gasteiger partial charge < -0.3 is 0 Å². The lowest BCUT2D eigenvalue weighted by Crippen LogP contribution is -2.32. The van der Waals surface area contributed by atoms with E-state index in [1.165, 1.54) is 10.6 Å². The summed E-state index contributed by atoms with van der Waals surface area (Å²) in [6.07, 6.45) is 5.81. The fourth-order valence-corrected chi connectivity index (χ4v) is 4.56. The van der Waals surface area contributed by atoms with Gasteiger partial charge in [-0.05, 0) is 49.3 Å². The lowest BCUT2D eigenvalue weighted by Gasteiger charge is -2.27. The molecule has 2 aliphatic rings. The van der Waals surface area contributed by atoms with Gasteiger partial charge in [0.2, 0.25) is 10.0 Å². The lowest BCUT2D eigenvalue weighted by molar-refractivity contribution is 0.515. The Hall–Kier alpha value is -1.59. The van der Waals surface area contributed by atoms with Crippen molar-refractivity contribution in [2.24, 2.45) is 4.99 Å². The van der Waals surface area contributed by atoms with Gasteiger partial charge in [-0.2, -0.15) is 0 Å². The minimum atomic E-state index is -3.35. The van der Waals surface area contributed by atoms with Gasteiger partial charge in [0.1, 0.15) is 5.54 Å². The molecule has 1 aromatic carbocycles. The molecule has 1 spiro atoms. The topological polar surface area (TPSA) is 49.7 Å². The van der Waals surface area contributed by atoms with Crippen LogP contribution < -0.4 is 0 Å². The average molecular weight is 351 g/mol. The molecule has 0 amide bonds. The lowest BCUT2D eigenvalue weighted by atomic mass is 9.88. The van der Waals surface area contributed by atoms with Crippen molar-refractivity contribution in [1.82, 2.24) is 4.31 Å². The van der Waals surface area contributed by atoms with Crippen molar-refractivity contribution in [2.75, 3.05) is 12.8 Å². The van der Waals surface area contributed by atoms with Gasteiger partial charge in [-0.15, -0.1) is 0 Å². The monoisotopic (exact) mass is 350 g/mol. The van der Waals surface area contributed by atoms with Crippen molar-refractivity contribution in [3.63, 3.8) is 0 Å². The molecule has 4 nitrogen and oxygen atoms in total. The standard InChI is InChI=1S/C17H19ClN2O2S/c1-12-9-13(2)19-17(12)7-8-20(23(3,21)22)16(17)11-14-5-4-6-15(18)10-14/h4-6,9-11H,7-8H2,1-3H3/b16-11+/t17-/m1/s1. The summed E-state index contributed by atoms with van der Waals surface area (Å²) in [6.45, 7) is 4.39. The van der Waals surface area contributed by atoms with Crippen molar-refractivity contribution in [2.45, 2.75) is 25.8 Å². The van der Waals surface area contributed by atoms with Crippen LogP contribution in [0.1, 0.15) is 25.8 Å². The first-order valence-electron chi connectivity index (χ1n) is 7.43. The molecule has 0 saturated carbocycles. The summed E-state index contributed by atoms with van der Waals surface area (Å²) in [5, 5.41) is 0.621. The fraction of sp³-hybridized carbons (Fsp3) is 0.353. The van der Waals surface area contributed by atoms with E-state index in [1.54, 1.807) is 6.07 Å². The van der Waals surface area contributed by atoms with Crippen LogP contribution in [0.5, 0.6) is 0 Å². The molecule has 23 heavy (non-hydrogen) atoms. The third-order valence-electron chi connectivity index (χ3n) is 4.37. The number of rotatable bonds is 2. The van der Waals surface area contributed by atoms with E-state index in [9.17, 15) is 8.42 Å². The number of allylic oxidation sites excluding steroid dienone is 1. The van der Waals surface area contributed by atoms with Crippen molar-refractivity contribution in [3.8, 4) is 0 Å². The number of benzene rings is 1. The van der Waals surface area contributed by atoms with Gasteiger partial charge >= 0.3 is 0 Å². The SMILES string of the molecule is CC1=CC(C)=N[C@]12CCN(S(C)(=O)=O)/C2=C/c1cccc(Cl)c1. The quantitative estimate of drug-likeness (QED) is 0.819. The molecule has 122 valence electrons. The summed E-state index contributed by atoms with van der Waals surface area (Å²) in [4.78, 5) is 4.78. The molecule has 0 radical (unpaired) electrons. The summed E-state index contributed by atoms with van der Waals surface area (Å²) >= 11 is 6.06. The molecule has 3 rings (SSSR count). The number of aliphatic imine (C=N–C) groups is 1. The van der Waals surface area contributed by atoms with Crippen LogP contribution in [-0.4, -0.2) is 36.8 Å². The average Bonchev–Trinajstić information content (AvgIpc) is 2.91. The van der Waals surface area contributed by atoms with Crippen LogP contribution in [0.15, 0.2) is 46.6 Å². The van der Waals surface area contributed by atoms with E-state index in [-0.39, 0.29) is 0 Å². The fourth-order valence-electron chi connectivity index (χ4n) is 3.37. The van der Waals surface area contributed by atoms with E-state index in [1.807, 2.05) is 44.2 Å². The second kappa shape index (κ2) is 5.49. The molecular formula is C17H19ClN2O2S. The van der Waals surface area contributed by atoms with E-state index >= 15 is 0 Å². The van der Waals surface area contributed by atoms with Gasteiger partial charge in [0.05, 0.1) is 12.0 Å². The third kappa shape index (κ3) is 2.83. The van der Waals surface area contributed by atoms with Crippen molar-refractivity contribution in [1.29, 1.82) is 0 Å². The van der Waals surface area contributed by atoms with Crippen molar-refractivity contribution in [3.05, 3.63) is 52.2 Å². The van der Waals surface area contributed by atoms with Crippen LogP contribution in [0.25, 0.3) is 6.08 Å². The predicted molar refractivity (Wildman–Crippen MR) is 95.2 cm³/mol. The molecule has 6 heteroatoms. The van der Waals surface area contributed by atoms with E-state index < -0.39 is 15.6 Å². The zero-order chi connectivity index (χ0) is 16.8. The molecule has 0 aromatic heterocycles. The number of hydrogen-bond acceptors (Lipinski definition) is 3. The minimum Gasteiger partial charge on any atom is -0.273 e. The molecule has 1 atom stereocenters. The van der Waals surface area contributed by atoms with Gasteiger partial charge in [0.15, 0.2) is 0 Å². The summed E-state index contributed by atoms with van der Waals surface area (Å²) in [7, 11) is -3.35. The maximum Gasteiger partial charge on any atom is 0.232 e. The van der Waals surface area contributed by atoms with Crippen LogP contribution >= 0.6 is 11.6 Å². The van der Waals surface area contributed by atoms with Gasteiger partial charge in [0.25, 0.3) is 0 Å². The Balaban J connectivity index is 2.19. The normalized spacial score (nSPS) is 26.1. The number of nitrogens with zero attached hydrogens (tertiary/aromatic N) is 2. The number of halogens is 1. The molecule has 2 aliphatic heterocycles. The molecule has 2 heterocycles. The highest BCUT2D eigenvalue weighted by Crippen LogP contribution is 2.46. The molecule has 0 bridgehead atoms. The molecule has 1 aromatic rings. The van der Waals surface area contributed by atoms with Crippen LogP contribution in [-0.2, 0) is 10.0 Å². The van der Waals surface area contributed by atoms with Crippen LogP contribution in [0.4, 0.5) is 0 Å². The Kier molecular flexibility index (Phi) is 3.89. The Morgan fingerprint density at radius 2 is 2.09 bits per heavy atom. The van der Waals surface area contributed by atoms with Gasteiger partial charge in [0, 0.05) is 23.7 Å². The zero-order valence-electron chi connectivity index (χ0n) is 13.4. The largest absolute Gasteiger partial charge is 0.273 e. The third-order valence-corrected chi connectivity index (χ3v) is 5.78. The molecule has 1 saturated heterocycles. The first-order chi connectivity index (χ1) is 10.7. The highest BCUT2D eigenvalue weighted by molar-refractivity contribution is 7.88. The Morgan fingerprint density at radius 3 is 2.65 bits per heavy atom. The maximum absolute atomic E-state index is 12.2. The number of sulfonamides is 1. The van der Waals surface area contributed by atoms with Gasteiger partial charge in [-0.3, -0.25) is 9.30 Å². The Bertz CT molecular complexity index is 855. The van der Waals surface area contributed by atoms with E-state index in [4.69, 9.17) is 16.6 Å². The zero-order valence-corrected chi connectivity index (χ0v) is 14.9. The smallest absolute Gasteiger partial charge is 0.232 e.